The van der Waals surface area contributed by atoms with E-state index in [0.717, 1.165) is 43.7 Å². The van der Waals surface area contributed by atoms with Gasteiger partial charge in [0.2, 0.25) is 5.91 Å². The van der Waals surface area contributed by atoms with Crippen LogP contribution in [0.1, 0.15) is 73.3 Å². The topological polar surface area (TPSA) is 38.8 Å². The Hall–Kier alpha value is -1.55. The van der Waals surface area contributed by atoms with Crippen LogP contribution < -0.4 is 4.74 Å². The molecule has 1 aliphatic rings. The molecule has 29 heavy (non-hydrogen) atoms. The fraction of sp³-hybridized carbons (Fsp3) is 0.720. The van der Waals surface area contributed by atoms with Crippen LogP contribution in [0.3, 0.4) is 0 Å². The lowest BCUT2D eigenvalue weighted by Gasteiger charge is -2.41. The molecular weight excluding hydrogens is 362 g/mol. The fourth-order valence-electron chi connectivity index (χ4n) is 4.58. The summed E-state index contributed by atoms with van der Waals surface area (Å²) in [6, 6.07) is 8.12. The second kappa shape index (κ2) is 10.5. The lowest BCUT2D eigenvalue weighted by atomic mass is 9.73. The first-order chi connectivity index (χ1) is 13.6. The standard InChI is InChI=1S/C25H41NO3/c1-18(2)24(22-13-15-28-25(6,7)16-22)12-14-26(20(5)27)17-21-8-10-23(11-9-21)29-19(3)4/h8-11,18-19,22,24H,12-17H2,1-7H3. The molecule has 164 valence electrons. The minimum absolute atomic E-state index is 0.0316. The van der Waals surface area contributed by atoms with Crippen molar-refractivity contribution in [1.29, 1.82) is 0 Å². The molecule has 0 bridgehead atoms. The maximum atomic E-state index is 12.3. The Morgan fingerprint density at radius 1 is 1.21 bits per heavy atom. The highest BCUT2D eigenvalue weighted by molar-refractivity contribution is 5.73. The highest BCUT2D eigenvalue weighted by Crippen LogP contribution is 2.38. The number of carbonyl (C=O) groups excluding carboxylic acids is 1. The van der Waals surface area contributed by atoms with Gasteiger partial charge < -0.3 is 14.4 Å². The summed E-state index contributed by atoms with van der Waals surface area (Å²) < 4.78 is 11.6. The van der Waals surface area contributed by atoms with E-state index in [9.17, 15) is 4.79 Å². The lowest BCUT2D eigenvalue weighted by Crippen LogP contribution is -2.39. The first-order valence-corrected chi connectivity index (χ1v) is 11.2. The predicted octanol–water partition coefficient (Wildman–Crippen LogP) is 5.69. The summed E-state index contributed by atoms with van der Waals surface area (Å²) in [6.07, 6.45) is 3.45. The molecule has 4 heteroatoms. The SMILES string of the molecule is CC(=O)N(CCC(C(C)C)C1CCOC(C)(C)C1)Cc1ccc(OC(C)C)cc1. The van der Waals surface area contributed by atoms with Crippen molar-refractivity contribution in [2.75, 3.05) is 13.2 Å². The highest BCUT2D eigenvalue weighted by Gasteiger charge is 2.34. The normalized spacial score (nSPS) is 20.0. The van der Waals surface area contributed by atoms with Gasteiger partial charge in [-0.05, 0) is 82.4 Å². The number of hydrogen-bond donors (Lipinski definition) is 0. The van der Waals surface area contributed by atoms with E-state index in [1.807, 2.05) is 30.9 Å². The van der Waals surface area contributed by atoms with Gasteiger partial charge in [-0.25, -0.2) is 0 Å². The quantitative estimate of drug-likeness (QED) is 0.532. The summed E-state index contributed by atoms with van der Waals surface area (Å²) in [4.78, 5) is 14.3. The summed E-state index contributed by atoms with van der Waals surface area (Å²) in [5, 5.41) is 0. The summed E-state index contributed by atoms with van der Waals surface area (Å²) in [5.41, 5.74) is 1.11. The molecule has 1 fully saturated rings. The largest absolute Gasteiger partial charge is 0.491 e. The molecule has 1 aliphatic heterocycles. The van der Waals surface area contributed by atoms with Crippen LogP contribution in [-0.2, 0) is 16.1 Å². The smallest absolute Gasteiger partial charge is 0.219 e. The van der Waals surface area contributed by atoms with Crippen molar-refractivity contribution >= 4 is 5.91 Å². The van der Waals surface area contributed by atoms with E-state index in [-0.39, 0.29) is 17.6 Å². The maximum absolute atomic E-state index is 12.3. The average Bonchev–Trinajstić information content (AvgIpc) is 2.60. The molecule has 1 heterocycles. The van der Waals surface area contributed by atoms with Crippen molar-refractivity contribution < 1.29 is 14.3 Å². The maximum Gasteiger partial charge on any atom is 0.219 e. The third-order valence-electron chi connectivity index (χ3n) is 6.04. The van der Waals surface area contributed by atoms with Gasteiger partial charge in [0.05, 0.1) is 11.7 Å². The Bertz CT molecular complexity index is 636. The number of ether oxygens (including phenoxy) is 2. The Morgan fingerprint density at radius 2 is 1.86 bits per heavy atom. The molecule has 1 aromatic carbocycles. The number of hydrogen-bond acceptors (Lipinski definition) is 3. The zero-order chi connectivity index (χ0) is 21.6. The molecule has 2 rings (SSSR count). The number of rotatable bonds is 9. The van der Waals surface area contributed by atoms with E-state index < -0.39 is 0 Å². The Balaban J connectivity index is 1.98. The number of nitrogens with zero attached hydrogens (tertiary/aromatic N) is 1. The summed E-state index contributed by atoms with van der Waals surface area (Å²) in [6.45, 7) is 17.1. The Morgan fingerprint density at radius 3 is 2.38 bits per heavy atom. The van der Waals surface area contributed by atoms with Crippen molar-refractivity contribution in [2.45, 2.75) is 86.0 Å². The van der Waals surface area contributed by atoms with Gasteiger partial charge in [-0.15, -0.1) is 0 Å². The van der Waals surface area contributed by atoms with Crippen molar-refractivity contribution in [3.63, 3.8) is 0 Å². The van der Waals surface area contributed by atoms with E-state index in [0.29, 0.717) is 24.3 Å². The zero-order valence-electron chi connectivity index (χ0n) is 19.5. The average molecular weight is 404 g/mol. The van der Waals surface area contributed by atoms with Crippen molar-refractivity contribution in [3.05, 3.63) is 29.8 Å². The molecule has 4 nitrogen and oxygen atoms in total. The minimum Gasteiger partial charge on any atom is -0.491 e. The van der Waals surface area contributed by atoms with Gasteiger partial charge in [0.25, 0.3) is 0 Å². The van der Waals surface area contributed by atoms with Crippen LogP contribution in [0.15, 0.2) is 24.3 Å². The van der Waals surface area contributed by atoms with Crippen LogP contribution in [-0.4, -0.2) is 35.7 Å². The second-order valence-corrected chi connectivity index (χ2v) is 9.81. The molecule has 2 atom stereocenters. The second-order valence-electron chi connectivity index (χ2n) is 9.81. The van der Waals surface area contributed by atoms with Crippen LogP contribution in [0.4, 0.5) is 0 Å². The van der Waals surface area contributed by atoms with Crippen LogP contribution in [0.5, 0.6) is 5.75 Å². The molecule has 0 saturated carbocycles. The molecule has 1 aromatic rings. The molecule has 2 unspecified atom stereocenters. The van der Waals surface area contributed by atoms with Gasteiger partial charge in [0.1, 0.15) is 5.75 Å². The van der Waals surface area contributed by atoms with Crippen LogP contribution in [0.2, 0.25) is 0 Å². The fourth-order valence-corrected chi connectivity index (χ4v) is 4.58. The summed E-state index contributed by atoms with van der Waals surface area (Å²) >= 11 is 0. The van der Waals surface area contributed by atoms with Crippen LogP contribution >= 0.6 is 0 Å². The summed E-state index contributed by atoms with van der Waals surface area (Å²) in [7, 11) is 0. The molecule has 0 spiro atoms. The lowest BCUT2D eigenvalue weighted by molar-refractivity contribution is -0.130. The van der Waals surface area contributed by atoms with Crippen LogP contribution in [0.25, 0.3) is 0 Å². The molecule has 1 saturated heterocycles. The van der Waals surface area contributed by atoms with Gasteiger partial charge >= 0.3 is 0 Å². The Kier molecular flexibility index (Phi) is 8.57. The Labute approximate surface area is 178 Å². The zero-order valence-corrected chi connectivity index (χ0v) is 19.5. The van der Waals surface area contributed by atoms with E-state index in [4.69, 9.17) is 9.47 Å². The third kappa shape index (κ3) is 7.65. The molecular formula is C25H41NO3. The van der Waals surface area contributed by atoms with Crippen molar-refractivity contribution in [3.8, 4) is 5.75 Å². The highest BCUT2D eigenvalue weighted by atomic mass is 16.5. The minimum atomic E-state index is -0.0316. The number of carbonyl (C=O) groups is 1. The predicted molar refractivity (Wildman–Crippen MR) is 119 cm³/mol. The monoisotopic (exact) mass is 403 g/mol. The van der Waals surface area contributed by atoms with E-state index >= 15 is 0 Å². The third-order valence-corrected chi connectivity index (χ3v) is 6.04. The molecule has 1 amide bonds. The van der Waals surface area contributed by atoms with Gasteiger partial charge in [0.15, 0.2) is 0 Å². The van der Waals surface area contributed by atoms with Crippen LogP contribution in [0, 0.1) is 17.8 Å². The van der Waals surface area contributed by atoms with Gasteiger partial charge in [0, 0.05) is 26.6 Å². The number of benzene rings is 1. The molecule has 0 N–H and O–H groups in total. The molecule has 0 radical (unpaired) electrons. The molecule has 0 aromatic heterocycles. The first-order valence-electron chi connectivity index (χ1n) is 11.2. The number of amides is 1. The van der Waals surface area contributed by atoms with Crippen molar-refractivity contribution in [1.82, 2.24) is 4.90 Å². The van der Waals surface area contributed by atoms with E-state index in [2.05, 4.69) is 39.8 Å². The first kappa shape index (κ1) is 23.7. The van der Waals surface area contributed by atoms with E-state index in [1.165, 1.54) is 0 Å². The summed E-state index contributed by atoms with van der Waals surface area (Å²) in [5.74, 6) is 2.90. The van der Waals surface area contributed by atoms with Gasteiger partial charge in [-0.2, -0.15) is 0 Å². The molecule has 0 aliphatic carbocycles. The van der Waals surface area contributed by atoms with Gasteiger partial charge in [-0.1, -0.05) is 26.0 Å². The van der Waals surface area contributed by atoms with Crippen molar-refractivity contribution in [2.24, 2.45) is 17.8 Å². The van der Waals surface area contributed by atoms with E-state index in [1.54, 1.807) is 6.92 Å². The van der Waals surface area contributed by atoms with Gasteiger partial charge in [-0.3, -0.25) is 4.79 Å².